The molecule has 3 rings (SSSR count). The van der Waals surface area contributed by atoms with Gasteiger partial charge in [-0.15, -0.1) is 0 Å². The first-order chi connectivity index (χ1) is 28.9. The summed E-state index contributed by atoms with van der Waals surface area (Å²) in [6.07, 6.45) is -0.843. The van der Waals surface area contributed by atoms with E-state index in [2.05, 4.69) is 36.9 Å². The highest BCUT2D eigenvalue weighted by atomic mass is 33.1. The molecule has 0 bridgehead atoms. The smallest absolute Gasteiger partial charge is 0.326 e. The van der Waals surface area contributed by atoms with Gasteiger partial charge in [-0.3, -0.25) is 43.3 Å². The zero-order valence-corrected chi connectivity index (χ0v) is 34.4. The Morgan fingerprint density at radius 1 is 0.885 bits per heavy atom. The Morgan fingerprint density at radius 3 is 2.18 bits per heavy atom. The number of aliphatic hydroxyl groups excluding tert-OH is 1. The van der Waals surface area contributed by atoms with Gasteiger partial charge in [0.05, 0.1) is 25.6 Å². The normalized spacial score (nSPS) is 24.4. The van der Waals surface area contributed by atoms with E-state index in [-0.39, 0.29) is 68.4 Å². The highest BCUT2D eigenvalue weighted by Crippen LogP contribution is 2.24. The summed E-state index contributed by atoms with van der Waals surface area (Å²) in [5, 5.41) is 53.5. The first-order valence-corrected chi connectivity index (χ1v) is 21.4. The lowest BCUT2D eigenvalue weighted by molar-refractivity contribution is -0.144. The zero-order chi connectivity index (χ0) is 45.2. The van der Waals surface area contributed by atoms with E-state index in [1.165, 1.54) is 24.3 Å². The van der Waals surface area contributed by atoms with Crippen LogP contribution >= 0.6 is 21.6 Å². The van der Waals surface area contributed by atoms with Crippen LogP contribution < -0.4 is 49.1 Å². The Hall–Kier alpha value is -5.86. The molecule has 7 atom stereocenters. The molecule has 2 saturated heterocycles. The van der Waals surface area contributed by atoms with E-state index in [4.69, 9.17) is 17.2 Å². The quantitative estimate of drug-likeness (QED) is 0.0403. The van der Waals surface area contributed by atoms with Gasteiger partial charge in [-0.05, 0) is 43.4 Å². The van der Waals surface area contributed by atoms with Crippen LogP contribution in [0.15, 0.2) is 29.3 Å². The molecule has 16 N–H and O–H groups in total. The van der Waals surface area contributed by atoms with Gasteiger partial charge < -0.3 is 74.4 Å². The number of amides is 7. The third-order valence-electron chi connectivity index (χ3n) is 9.19. The van der Waals surface area contributed by atoms with Crippen molar-refractivity contribution in [3.05, 3.63) is 29.8 Å². The molecule has 0 unspecified atom stereocenters. The molecule has 0 aliphatic carbocycles. The largest absolute Gasteiger partial charge is 0.508 e. The van der Waals surface area contributed by atoms with Gasteiger partial charge in [-0.1, -0.05) is 33.7 Å². The molecule has 2 aliphatic rings. The molecule has 24 nitrogen and oxygen atoms in total. The van der Waals surface area contributed by atoms with Crippen molar-refractivity contribution in [1.29, 1.82) is 0 Å². The number of nitrogens with two attached hydrogens (primary N) is 3. The summed E-state index contributed by atoms with van der Waals surface area (Å²) in [5.41, 5.74) is 17.2. The van der Waals surface area contributed by atoms with Gasteiger partial charge in [0, 0.05) is 31.0 Å². The molecule has 2 aliphatic heterocycles. The Balaban J connectivity index is 1.92. The molecule has 336 valence electrons. The number of carbonyl (C=O) groups excluding carboxylic acids is 7. The van der Waals surface area contributed by atoms with E-state index >= 15 is 0 Å². The summed E-state index contributed by atoms with van der Waals surface area (Å²) in [5.74, 6) is -10.1. The Morgan fingerprint density at radius 2 is 1.54 bits per heavy atom. The third kappa shape index (κ3) is 16.3. The summed E-state index contributed by atoms with van der Waals surface area (Å²) in [4.78, 5) is 123. The summed E-state index contributed by atoms with van der Waals surface area (Å²) < 4.78 is 0. The average Bonchev–Trinajstić information content (AvgIpc) is 3.70. The fourth-order valence-corrected chi connectivity index (χ4v) is 8.32. The lowest BCUT2D eigenvalue weighted by Crippen LogP contribution is -2.60. The number of guanidine groups is 1. The van der Waals surface area contributed by atoms with Crippen LogP contribution in [0.25, 0.3) is 0 Å². The molecular formula is C35H51N11O13S2. The minimum Gasteiger partial charge on any atom is -0.508 e. The maximum atomic E-state index is 13.8. The first kappa shape index (κ1) is 49.5. The number of hydrogen-bond donors (Lipinski definition) is 13. The minimum absolute atomic E-state index is 0.0212. The molecule has 0 saturated carbocycles. The number of benzene rings is 1. The summed E-state index contributed by atoms with van der Waals surface area (Å²) in [7, 11) is 2.02. The molecule has 1 aromatic rings. The van der Waals surface area contributed by atoms with E-state index in [0.29, 0.717) is 5.56 Å². The molecular weight excluding hydrogens is 847 g/mol. The van der Waals surface area contributed by atoms with Gasteiger partial charge in [-0.25, -0.2) is 4.79 Å². The van der Waals surface area contributed by atoms with Crippen LogP contribution in [0.3, 0.4) is 0 Å². The standard InChI is InChI=1S/C35H51N11O13S2/c36-19-15-60-61-16-24(31(55)43-22(34(58)59)11-17-5-7-18(48)8-6-17)45-32(56)25-4-2-10-46(25)33(57)23(14-47)44-30(54)21(12-27(50)51)42-29(53)20(3-1-9-39-35(37)38)41-26(49)13-40-28(19)52/h5-8,19-25,47-48H,1-4,9-16,36H2,(H,40,52)(H,41,49)(H,42,53)(H,43,55)(H,44,54)(H,45,56)(H,50,51)(H,58,59)(H4,37,38,39)/t19-,20+,21+,22+,23+,24+,25+/m1/s1. The second kappa shape index (κ2) is 24.4. The monoisotopic (exact) mass is 897 g/mol. The van der Waals surface area contributed by atoms with Crippen LogP contribution in [0.5, 0.6) is 5.75 Å². The Bertz CT molecular complexity index is 1800. The molecule has 7 amide bonds. The predicted molar refractivity (Wildman–Crippen MR) is 219 cm³/mol. The number of aliphatic carboxylic acids is 2. The van der Waals surface area contributed by atoms with Gasteiger partial charge in [0.25, 0.3) is 0 Å². The average molecular weight is 898 g/mol. The lowest BCUT2D eigenvalue weighted by atomic mass is 10.1. The molecule has 2 heterocycles. The molecule has 26 heteroatoms. The van der Waals surface area contributed by atoms with Gasteiger partial charge in [-0.2, -0.15) is 0 Å². The number of hydrogen-bond acceptors (Lipinski definition) is 15. The number of carboxylic acids is 2. The van der Waals surface area contributed by atoms with Gasteiger partial charge in [0.1, 0.15) is 42.0 Å². The van der Waals surface area contributed by atoms with Crippen molar-refractivity contribution in [2.24, 2.45) is 22.2 Å². The van der Waals surface area contributed by atoms with E-state index in [1.807, 2.05) is 0 Å². The number of rotatable bonds is 12. The predicted octanol–water partition coefficient (Wildman–Crippen LogP) is -5.21. The maximum absolute atomic E-state index is 13.8. The number of nitrogens with zero attached hydrogens (tertiary/aromatic N) is 2. The van der Waals surface area contributed by atoms with Gasteiger partial charge >= 0.3 is 11.9 Å². The fourth-order valence-electron chi connectivity index (χ4n) is 6.04. The second-order valence-corrected chi connectivity index (χ2v) is 16.4. The van der Waals surface area contributed by atoms with Crippen molar-refractivity contribution in [2.75, 3.05) is 37.7 Å². The SMILES string of the molecule is NC(N)=NCCC[C@@H]1NC(=O)CNC(=O)[C@H](N)CSSC[C@@H](C(=O)N[C@@H](Cc2ccc(O)cc2)C(=O)O)NC(=O)[C@@H]2CCCN2C(=O)[C@H](CO)NC(=O)[C@H](CC(=O)O)NC1=O. The van der Waals surface area contributed by atoms with E-state index in [1.54, 1.807) is 0 Å². The van der Waals surface area contributed by atoms with Crippen molar-refractivity contribution in [3.63, 3.8) is 0 Å². The summed E-state index contributed by atoms with van der Waals surface area (Å²) in [6.45, 7) is -1.69. The number of carboxylic acid groups (broad SMARTS) is 2. The van der Waals surface area contributed by atoms with Gasteiger partial charge in [0.2, 0.25) is 41.4 Å². The number of nitrogens with one attached hydrogen (secondary N) is 6. The van der Waals surface area contributed by atoms with Crippen molar-refractivity contribution >= 4 is 80.8 Å². The van der Waals surface area contributed by atoms with Crippen LogP contribution in [-0.2, 0) is 49.6 Å². The molecule has 61 heavy (non-hydrogen) atoms. The summed E-state index contributed by atoms with van der Waals surface area (Å²) >= 11 is 0. The van der Waals surface area contributed by atoms with E-state index in [9.17, 15) is 63.6 Å². The van der Waals surface area contributed by atoms with Crippen LogP contribution in [0.2, 0.25) is 0 Å². The molecule has 1 aromatic carbocycles. The third-order valence-corrected chi connectivity index (χ3v) is 11.6. The number of carbonyl (C=O) groups is 9. The second-order valence-electron chi connectivity index (χ2n) is 13.9. The van der Waals surface area contributed by atoms with Crippen molar-refractivity contribution in [2.45, 2.75) is 80.8 Å². The van der Waals surface area contributed by atoms with Crippen molar-refractivity contribution < 1.29 is 63.6 Å². The van der Waals surface area contributed by atoms with Crippen LogP contribution in [0.4, 0.5) is 0 Å². The number of aromatic hydroxyl groups is 1. The van der Waals surface area contributed by atoms with Gasteiger partial charge in [0.15, 0.2) is 5.96 Å². The number of phenols is 1. The highest BCUT2D eigenvalue weighted by molar-refractivity contribution is 8.76. The van der Waals surface area contributed by atoms with Crippen LogP contribution in [0.1, 0.15) is 37.7 Å². The molecule has 0 radical (unpaired) electrons. The lowest BCUT2D eigenvalue weighted by Gasteiger charge is -2.30. The van der Waals surface area contributed by atoms with Crippen molar-refractivity contribution in [1.82, 2.24) is 36.8 Å². The van der Waals surface area contributed by atoms with Crippen LogP contribution in [0, 0.1) is 0 Å². The highest BCUT2D eigenvalue weighted by Gasteiger charge is 2.40. The topological polar surface area (TPSA) is 400 Å². The fraction of sp³-hybridized carbons (Fsp3) is 0.543. The Labute approximate surface area is 356 Å². The Kier molecular flexibility index (Phi) is 19.8. The number of aliphatic imine (C=N–C) groups is 1. The number of phenolic OH excluding ortho intramolecular Hbond substituents is 1. The number of aliphatic hydroxyl groups is 1. The molecule has 0 aromatic heterocycles. The van der Waals surface area contributed by atoms with E-state index in [0.717, 1.165) is 26.5 Å². The molecule has 0 spiro atoms. The molecule has 2 fully saturated rings. The maximum Gasteiger partial charge on any atom is 0.326 e. The van der Waals surface area contributed by atoms with Crippen LogP contribution in [-0.4, -0.2) is 165 Å². The van der Waals surface area contributed by atoms with E-state index < -0.39 is 115 Å². The first-order valence-electron chi connectivity index (χ1n) is 18.9. The number of fused-ring (bicyclic) bond motifs is 1. The van der Waals surface area contributed by atoms with Crippen molar-refractivity contribution in [3.8, 4) is 5.75 Å². The zero-order valence-electron chi connectivity index (χ0n) is 32.7. The minimum atomic E-state index is -1.85. The summed E-state index contributed by atoms with van der Waals surface area (Å²) in [6, 6.07) is -4.72.